The molecule has 0 bridgehead atoms. The van der Waals surface area contributed by atoms with E-state index in [4.69, 9.17) is 21.1 Å². The molecule has 30 heavy (non-hydrogen) atoms. The van der Waals surface area contributed by atoms with Gasteiger partial charge in [-0.05, 0) is 48.4 Å². The molecule has 0 radical (unpaired) electrons. The number of carbonyl (C=O) groups excluding carboxylic acids is 2. The number of halogens is 1. The summed E-state index contributed by atoms with van der Waals surface area (Å²) in [4.78, 5) is 25.0. The minimum atomic E-state index is -0.562. The van der Waals surface area contributed by atoms with Gasteiger partial charge in [-0.1, -0.05) is 48.0 Å². The summed E-state index contributed by atoms with van der Waals surface area (Å²) in [6, 6.07) is 21.5. The molecule has 5 nitrogen and oxygen atoms in total. The maximum atomic E-state index is 12.6. The number of ether oxygens (including phenoxy) is 2. The Morgan fingerprint density at radius 3 is 2.30 bits per heavy atom. The predicted octanol–water partition coefficient (Wildman–Crippen LogP) is 5.04. The molecule has 6 heteroatoms. The van der Waals surface area contributed by atoms with Gasteiger partial charge in [-0.2, -0.15) is 0 Å². The molecular formula is C24H22ClNO4. The van der Waals surface area contributed by atoms with Crippen molar-refractivity contribution in [3.05, 3.63) is 94.5 Å². The second kappa shape index (κ2) is 10.5. The van der Waals surface area contributed by atoms with Crippen molar-refractivity contribution in [1.82, 2.24) is 0 Å². The summed E-state index contributed by atoms with van der Waals surface area (Å²) in [5.41, 5.74) is 2.54. The van der Waals surface area contributed by atoms with Gasteiger partial charge in [-0.15, -0.1) is 0 Å². The number of ketones is 1. The fraction of sp³-hybridized carbons (Fsp3) is 0.167. The molecule has 0 unspecified atom stereocenters. The molecule has 0 aliphatic rings. The van der Waals surface area contributed by atoms with Crippen LogP contribution in [0.1, 0.15) is 26.3 Å². The van der Waals surface area contributed by atoms with Crippen LogP contribution in [0.25, 0.3) is 0 Å². The van der Waals surface area contributed by atoms with Gasteiger partial charge in [-0.3, -0.25) is 4.79 Å². The van der Waals surface area contributed by atoms with E-state index in [0.717, 1.165) is 12.0 Å². The lowest BCUT2D eigenvalue weighted by Gasteiger charge is -2.12. The number of anilines is 1. The van der Waals surface area contributed by atoms with E-state index in [9.17, 15) is 9.59 Å². The first-order chi connectivity index (χ1) is 14.6. The Hall–Kier alpha value is -3.31. The summed E-state index contributed by atoms with van der Waals surface area (Å²) in [6.45, 7) is 0.268. The van der Waals surface area contributed by atoms with Crippen LogP contribution in [0, 0.1) is 0 Å². The Labute approximate surface area is 180 Å². The Morgan fingerprint density at radius 2 is 1.57 bits per heavy atom. The van der Waals surface area contributed by atoms with Gasteiger partial charge in [0.15, 0.2) is 6.61 Å². The number of nitrogens with one attached hydrogen (secondary N) is 1. The Kier molecular flexibility index (Phi) is 7.46. The molecule has 0 saturated carbocycles. The third-order valence-electron chi connectivity index (χ3n) is 4.53. The minimum Gasteiger partial charge on any atom is -0.496 e. The number of rotatable bonds is 9. The molecule has 3 rings (SSSR count). The van der Waals surface area contributed by atoms with E-state index in [0.29, 0.717) is 34.1 Å². The van der Waals surface area contributed by atoms with Gasteiger partial charge in [0.25, 0.3) is 0 Å². The summed E-state index contributed by atoms with van der Waals surface area (Å²) in [5.74, 6) is -0.440. The number of carbonyl (C=O) groups is 2. The lowest BCUT2D eigenvalue weighted by atomic mass is 10.1. The smallest absolute Gasteiger partial charge is 0.340 e. The monoisotopic (exact) mass is 423 g/mol. The SMILES string of the molecule is COc1ccccc1C(=O)COC(=O)c1ccccc1NCCc1ccc(Cl)cc1. The van der Waals surface area contributed by atoms with Crippen LogP contribution in [0.15, 0.2) is 72.8 Å². The quantitative estimate of drug-likeness (QED) is 0.385. The van der Waals surface area contributed by atoms with Crippen molar-refractivity contribution < 1.29 is 19.1 Å². The van der Waals surface area contributed by atoms with Gasteiger partial charge in [0.2, 0.25) is 5.78 Å². The highest BCUT2D eigenvalue weighted by Gasteiger charge is 2.17. The molecule has 0 heterocycles. The van der Waals surface area contributed by atoms with Crippen LogP contribution in [0.3, 0.4) is 0 Å². The molecule has 0 aromatic heterocycles. The first-order valence-corrected chi connectivity index (χ1v) is 9.87. The molecule has 3 aromatic rings. The highest BCUT2D eigenvalue weighted by atomic mass is 35.5. The fourth-order valence-electron chi connectivity index (χ4n) is 2.97. The first kappa shape index (κ1) is 21.4. The third kappa shape index (κ3) is 5.61. The molecule has 0 fully saturated rings. The van der Waals surface area contributed by atoms with Crippen molar-refractivity contribution in [2.24, 2.45) is 0 Å². The summed E-state index contributed by atoms with van der Waals surface area (Å²) in [6.07, 6.45) is 0.771. The summed E-state index contributed by atoms with van der Waals surface area (Å²) in [5, 5.41) is 3.95. The molecule has 0 atom stereocenters. The Balaban J connectivity index is 1.59. The summed E-state index contributed by atoms with van der Waals surface area (Å²) in [7, 11) is 1.49. The van der Waals surface area contributed by atoms with Gasteiger partial charge >= 0.3 is 5.97 Å². The molecule has 3 aromatic carbocycles. The maximum Gasteiger partial charge on any atom is 0.340 e. The highest BCUT2D eigenvalue weighted by molar-refractivity contribution is 6.30. The van der Waals surface area contributed by atoms with Gasteiger partial charge in [0.05, 0.1) is 18.2 Å². The van der Waals surface area contributed by atoms with Crippen molar-refractivity contribution in [3.8, 4) is 5.75 Å². The number of methoxy groups -OCH3 is 1. The number of esters is 1. The Bertz CT molecular complexity index is 1020. The van der Waals surface area contributed by atoms with Crippen molar-refractivity contribution in [2.75, 3.05) is 25.6 Å². The highest BCUT2D eigenvalue weighted by Crippen LogP contribution is 2.20. The van der Waals surface area contributed by atoms with E-state index in [1.807, 2.05) is 30.3 Å². The normalized spacial score (nSPS) is 10.3. The van der Waals surface area contributed by atoms with E-state index in [-0.39, 0.29) is 12.4 Å². The second-order valence-electron chi connectivity index (χ2n) is 6.55. The van der Waals surface area contributed by atoms with Crippen LogP contribution in [0.4, 0.5) is 5.69 Å². The number of hydrogen-bond donors (Lipinski definition) is 1. The van der Waals surface area contributed by atoms with Crippen LogP contribution in [-0.2, 0) is 11.2 Å². The summed E-state index contributed by atoms with van der Waals surface area (Å²) < 4.78 is 10.4. The maximum absolute atomic E-state index is 12.6. The lowest BCUT2D eigenvalue weighted by Crippen LogP contribution is -2.17. The predicted molar refractivity (Wildman–Crippen MR) is 118 cm³/mol. The Morgan fingerprint density at radius 1 is 0.900 bits per heavy atom. The van der Waals surface area contributed by atoms with E-state index in [1.165, 1.54) is 7.11 Å². The summed E-state index contributed by atoms with van der Waals surface area (Å²) >= 11 is 5.91. The molecule has 1 N–H and O–H groups in total. The molecule has 0 amide bonds. The zero-order valence-corrected chi connectivity index (χ0v) is 17.3. The zero-order chi connectivity index (χ0) is 21.3. The average Bonchev–Trinajstić information content (AvgIpc) is 2.79. The molecule has 0 aliphatic carbocycles. The van der Waals surface area contributed by atoms with E-state index in [2.05, 4.69) is 5.32 Å². The van der Waals surface area contributed by atoms with Gasteiger partial charge in [0.1, 0.15) is 5.75 Å². The molecular weight excluding hydrogens is 402 g/mol. The van der Waals surface area contributed by atoms with Crippen molar-refractivity contribution in [2.45, 2.75) is 6.42 Å². The largest absolute Gasteiger partial charge is 0.496 e. The number of benzene rings is 3. The molecule has 154 valence electrons. The third-order valence-corrected chi connectivity index (χ3v) is 4.78. The number of Topliss-reactive ketones (excluding diaryl/α,β-unsaturated/α-hetero) is 1. The van der Waals surface area contributed by atoms with Crippen molar-refractivity contribution in [3.63, 3.8) is 0 Å². The van der Waals surface area contributed by atoms with Crippen LogP contribution in [0.5, 0.6) is 5.75 Å². The van der Waals surface area contributed by atoms with Crippen LogP contribution >= 0.6 is 11.6 Å². The first-order valence-electron chi connectivity index (χ1n) is 9.49. The van der Waals surface area contributed by atoms with Crippen LogP contribution < -0.4 is 10.1 Å². The fourth-order valence-corrected chi connectivity index (χ4v) is 3.10. The van der Waals surface area contributed by atoms with Crippen LogP contribution in [-0.4, -0.2) is 32.0 Å². The van der Waals surface area contributed by atoms with Gasteiger partial charge in [-0.25, -0.2) is 4.79 Å². The topological polar surface area (TPSA) is 64.6 Å². The zero-order valence-electron chi connectivity index (χ0n) is 16.6. The minimum absolute atomic E-state index is 0.325. The van der Waals surface area contributed by atoms with E-state index < -0.39 is 5.97 Å². The second-order valence-corrected chi connectivity index (χ2v) is 6.98. The molecule has 0 aliphatic heterocycles. The van der Waals surface area contributed by atoms with Crippen molar-refractivity contribution >= 4 is 29.0 Å². The molecule has 0 spiro atoms. The number of hydrogen-bond acceptors (Lipinski definition) is 5. The van der Waals surface area contributed by atoms with Gasteiger partial charge in [0, 0.05) is 17.3 Å². The lowest BCUT2D eigenvalue weighted by molar-refractivity contribution is 0.0475. The van der Waals surface area contributed by atoms with E-state index in [1.54, 1.807) is 42.5 Å². The van der Waals surface area contributed by atoms with Gasteiger partial charge < -0.3 is 14.8 Å². The average molecular weight is 424 g/mol. The van der Waals surface area contributed by atoms with Crippen molar-refractivity contribution in [1.29, 1.82) is 0 Å². The standard InChI is InChI=1S/C24H22ClNO4/c1-29-23-9-5-3-7-20(23)22(27)16-30-24(28)19-6-2-4-8-21(19)26-15-14-17-10-12-18(25)13-11-17/h2-13,26H,14-16H2,1H3. The number of para-hydroxylation sites is 2. The van der Waals surface area contributed by atoms with Crippen LogP contribution in [0.2, 0.25) is 5.02 Å². The van der Waals surface area contributed by atoms with E-state index >= 15 is 0 Å². The molecule has 0 saturated heterocycles.